The average molecular weight is 637 g/mol. The van der Waals surface area contributed by atoms with E-state index in [9.17, 15) is 14.4 Å². The van der Waals surface area contributed by atoms with Crippen molar-refractivity contribution < 1.29 is 18.8 Å². The number of benzene rings is 2. The van der Waals surface area contributed by atoms with Crippen LogP contribution in [0.1, 0.15) is 159 Å². The third-order valence-corrected chi connectivity index (χ3v) is 10.0. The number of aryl methyl sites for hydroxylation is 1. The Balaban J connectivity index is 1.25. The zero-order valence-electron chi connectivity index (χ0n) is 28.6. The Bertz CT molecular complexity index is 1560. The maximum Gasteiger partial charge on any atom is 0.277 e. The van der Waals surface area contributed by atoms with Crippen molar-refractivity contribution in [2.24, 2.45) is 5.92 Å². The van der Waals surface area contributed by atoms with E-state index in [0.717, 1.165) is 89.0 Å². The third-order valence-electron chi connectivity index (χ3n) is 10.0. The van der Waals surface area contributed by atoms with Crippen molar-refractivity contribution >= 4 is 23.2 Å². The Morgan fingerprint density at radius 2 is 1.79 bits per heavy atom. The lowest BCUT2D eigenvalue weighted by Gasteiger charge is -2.24. The van der Waals surface area contributed by atoms with Crippen LogP contribution in [0.15, 0.2) is 64.8 Å². The van der Waals surface area contributed by atoms with Gasteiger partial charge in [-0.25, -0.2) is 4.98 Å². The van der Waals surface area contributed by atoms with Gasteiger partial charge in [-0.2, -0.15) is 0 Å². The molecule has 1 fully saturated rings. The number of allylic oxidation sites excluding steroid dienone is 2. The molecule has 6 heteroatoms. The van der Waals surface area contributed by atoms with Gasteiger partial charge in [-0.1, -0.05) is 74.7 Å². The second-order valence-corrected chi connectivity index (χ2v) is 13.9. The zero-order chi connectivity index (χ0) is 33.2. The molecule has 1 saturated carbocycles. The number of ketones is 2. The lowest BCUT2D eigenvalue weighted by Crippen LogP contribution is -2.16. The number of hydrogen-bond donors (Lipinski definition) is 1. The van der Waals surface area contributed by atoms with Gasteiger partial charge in [0.1, 0.15) is 12.0 Å². The van der Waals surface area contributed by atoms with Crippen molar-refractivity contribution in [3.63, 3.8) is 0 Å². The average Bonchev–Trinajstić information content (AvgIpc) is 3.78. The minimum absolute atomic E-state index is 0.0663. The molecule has 47 heavy (non-hydrogen) atoms. The van der Waals surface area contributed by atoms with Crippen LogP contribution in [0.5, 0.6) is 0 Å². The summed E-state index contributed by atoms with van der Waals surface area (Å²) < 4.78 is 5.60. The van der Waals surface area contributed by atoms with E-state index in [1.54, 1.807) is 0 Å². The normalized spacial score (nSPS) is 17.3. The Hall–Kier alpha value is -3.80. The number of unbranched alkanes of at least 4 members (excludes halogenated alkanes) is 2. The van der Waals surface area contributed by atoms with Crippen molar-refractivity contribution in [1.29, 1.82) is 0 Å². The lowest BCUT2D eigenvalue weighted by atomic mass is 9.83. The topological polar surface area (TPSA) is 89.3 Å². The second kappa shape index (κ2) is 16.9. The van der Waals surface area contributed by atoms with E-state index in [0.29, 0.717) is 41.7 Å². The summed E-state index contributed by atoms with van der Waals surface area (Å²) in [5, 5.41) is 3.12. The zero-order valence-corrected chi connectivity index (χ0v) is 28.6. The standard InChI is InChI=1S/C41H52N2O4/c1-4-12-29(3)38(44)19-6-5-7-20-39(45)34-23-24-35(36(26-34)42-40(46)37-27-47-41(43-37)32-21-22-32)31-17-10-14-30(15-11-18-31)25-33-16-9-8-13-28(33)2/h8-9,13-14,16,23-24,26-27,29,31-32H,4-7,10-12,15,17-22,25H2,1-3H3,(H,42,46). The van der Waals surface area contributed by atoms with Crippen LogP contribution in [0.25, 0.3) is 0 Å². The molecule has 2 aromatic carbocycles. The highest BCUT2D eigenvalue weighted by molar-refractivity contribution is 6.04. The van der Waals surface area contributed by atoms with Crippen molar-refractivity contribution in [3.8, 4) is 0 Å². The van der Waals surface area contributed by atoms with Gasteiger partial charge in [-0.15, -0.1) is 0 Å². The van der Waals surface area contributed by atoms with Gasteiger partial charge < -0.3 is 9.73 Å². The van der Waals surface area contributed by atoms with Crippen LogP contribution in [0.3, 0.4) is 0 Å². The molecule has 1 aromatic heterocycles. The summed E-state index contributed by atoms with van der Waals surface area (Å²) in [5.74, 6) is 1.45. The molecule has 0 aliphatic heterocycles. The van der Waals surface area contributed by atoms with Gasteiger partial charge in [0.15, 0.2) is 17.4 Å². The number of amides is 1. The van der Waals surface area contributed by atoms with E-state index in [1.807, 2.05) is 19.1 Å². The monoisotopic (exact) mass is 636 g/mol. The first-order valence-corrected chi connectivity index (χ1v) is 18.0. The van der Waals surface area contributed by atoms with Crippen molar-refractivity contribution in [2.75, 3.05) is 5.32 Å². The smallest absolute Gasteiger partial charge is 0.277 e. The molecule has 0 saturated heterocycles. The molecule has 0 radical (unpaired) electrons. The van der Waals surface area contributed by atoms with Crippen LogP contribution in [-0.4, -0.2) is 22.5 Å². The Morgan fingerprint density at radius 1 is 0.979 bits per heavy atom. The van der Waals surface area contributed by atoms with Crippen LogP contribution in [0.4, 0.5) is 5.69 Å². The van der Waals surface area contributed by atoms with E-state index in [-0.39, 0.29) is 29.2 Å². The third kappa shape index (κ3) is 9.85. The van der Waals surface area contributed by atoms with Gasteiger partial charge in [0, 0.05) is 35.9 Å². The first kappa shape index (κ1) is 34.5. The van der Waals surface area contributed by atoms with Crippen LogP contribution < -0.4 is 5.32 Å². The molecule has 2 atom stereocenters. The molecule has 2 aliphatic carbocycles. The number of carbonyl (C=O) groups is 3. The van der Waals surface area contributed by atoms with E-state index in [4.69, 9.17) is 4.42 Å². The fourth-order valence-corrected chi connectivity index (χ4v) is 6.87. The number of nitrogens with one attached hydrogen (secondary N) is 1. The van der Waals surface area contributed by atoms with Crippen molar-refractivity contribution in [1.82, 2.24) is 4.98 Å². The molecular formula is C41H52N2O4. The Labute approximate surface area is 280 Å². The molecule has 1 heterocycles. The van der Waals surface area contributed by atoms with Gasteiger partial charge in [0.25, 0.3) is 5.91 Å². The Morgan fingerprint density at radius 3 is 2.57 bits per heavy atom. The van der Waals surface area contributed by atoms with Gasteiger partial charge in [0.05, 0.1) is 0 Å². The molecule has 0 spiro atoms. The number of Topliss-reactive ketones (excluding diaryl/α,β-unsaturated/α-hetero) is 2. The summed E-state index contributed by atoms with van der Waals surface area (Å²) in [6.45, 7) is 6.31. The van der Waals surface area contributed by atoms with E-state index < -0.39 is 0 Å². The first-order chi connectivity index (χ1) is 22.8. The summed E-state index contributed by atoms with van der Waals surface area (Å²) in [6, 6.07) is 14.5. The lowest BCUT2D eigenvalue weighted by molar-refractivity contribution is -0.122. The number of aromatic nitrogens is 1. The molecule has 2 unspecified atom stereocenters. The molecule has 1 N–H and O–H groups in total. The highest BCUT2D eigenvalue weighted by Crippen LogP contribution is 2.40. The summed E-state index contributed by atoms with van der Waals surface area (Å²) in [5.41, 5.74) is 6.91. The summed E-state index contributed by atoms with van der Waals surface area (Å²) in [7, 11) is 0. The predicted molar refractivity (Wildman–Crippen MR) is 188 cm³/mol. The number of anilines is 1. The van der Waals surface area contributed by atoms with Gasteiger partial charge in [0.2, 0.25) is 0 Å². The molecule has 2 aliphatic rings. The number of carbonyl (C=O) groups excluding carboxylic acids is 3. The largest absolute Gasteiger partial charge is 0.448 e. The van der Waals surface area contributed by atoms with Gasteiger partial charge >= 0.3 is 0 Å². The van der Waals surface area contributed by atoms with Gasteiger partial charge in [-0.3, -0.25) is 14.4 Å². The Kier molecular flexibility index (Phi) is 12.4. The second-order valence-electron chi connectivity index (χ2n) is 13.9. The number of nitrogens with zero attached hydrogens (tertiary/aromatic N) is 1. The molecule has 1 amide bonds. The van der Waals surface area contributed by atoms with Crippen LogP contribution in [0.2, 0.25) is 0 Å². The number of hydrogen-bond acceptors (Lipinski definition) is 5. The van der Waals surface area contributed by atoms with Crippen LogP contribution >= 0.6 is 0 Å². The SMILES string of the molecule is CCCC(C)C(=O)CCCCCC(=O)c1ccc(C2CCC=C(Cc3ccccc3C)CCC2)c(NC(=O)c2coc(C3CC3)n2)c1. The summed E-state index contributed by atoms with van der Waals surface area (Å²) in [6.07, 6.45) is 17.5. The molecule has 3 aromatic rings. The van der Waals surface area contributed by atoms with Crippen molar-refractivity contribution in [2.45, 2.75) is 129 Å². The first-order valence-electron chi connectivity index (χ1n) is 18.0. The van der Waals surface area contributed by atoms with E-state index in [2.05, 4.69) is 60.6 Å². The number of rotatable bonds is 16. The van der Waals surface area contributed by atoms with Crippen molar-refractivity contribution in [3.05, 3.63) is 94.2 Å². The summed E-state index contributed by atoms with van der Waals surface area (Å²) in [4.78, 5) is 43.5. The minimum Gasteiger partial charge on any atom is -0.448 e. The van der Waals surface area contributed by atoms with Crippen LogP contribution in [-0.2, 0) is 11.2 Å². The quantitative estimate of drug-likeness (QED) is 0.0960. The molecule has 6 nitrogen and oxygen atoms in total. The molecule has 250 valence electrons. The maximum atomic E-state index is 13.4. The maximum absolute atomic E-state index is 13.4. The molecule has 0 bridgehead atoms. The van der Waals surface area contributed by atoms with Crippen LogP contribution in [0, 0.1) is 12.8 Å². The van der Waals surface area contributed by atoms with E-state index in [1.165, 1.54) is 23.0 Å². The highest BCUT2D eigenvalue weighted by Gasteiger charge is 2.30. The minimum atomic E-state index is -0.306. The molecule has 5 rings (SSSR count). The molecular weight excluding hydrogens is 584 g/mol. The predicted octanol–water partition coefficient (Wildman–Crippen LogP) is 10.5. The fourth-order valence-electron chi connectivity index (χ4n) is 6.87. The number of oxazole rings is 1. The van der Waals surface area contributed by atoms with E-state index >= 15 is 0 Å². The summed E-state index contributed by atoms with van der Waals surface area (Å²) >= 11 is 0. The highest BCUT2D eigenvalue weighted by atomic mass is 16.3. The van der Waals surface area contributed by atoms with Gasteiger partial charge in [-0.05, 0) is 106 Å². The fraction of sp³-hybridized carbons (Fsp3) is 0.512.